The Morgan fingerprint density at radius 2 is 1.96 bits per heavy atom. The lowest BCUT2D eigenvalue weighted by atomic mass is 9.99. The minimum atomic E-state index is -2.51. The molecule has 25 heavy (non-hydrogen) atoms. The van der Waals surface area contributed by atoms with Crippen LogP contribution in [0.15, 0.2) is 29.2 Å². The minimum absolute atomic E-state index is 0.176. The topological polar surface area (TPSA) is 46.6 Å². The fourth-order valence-electron chi connectivity index (χ4n) is 3.00. The van der Waals surface area contributed by atoms with Gasteiger partial charge in [0.05, 0.1) is 5.56 Å². The molecule has 0 aromatic heterocycles. The number of halogens is 2. The highest BCUT2D eigenvalue weighted by atomic mass is 32.2. The first-order chi connectivity index (χ1) is 11.9. The summed E-state index contributed by atoms with van der Waals surface area (Å²) in [6, 6.07) is 5.95. The maximum atomic E-state index is 12.6. The number of carbonyl (C=O) groups is 2. The molecule has 0 aliphatic carbocycles. The van der Waals surface area contributed by atoms with E-state index < -0.39 is 17.8 Å². The molecule has 1 aliphatic heterocycles. The molecule has 0 bridgehead atoms. The van der Waals surface area contributed by atoms with Crippen molar-refractivity contribution in [2.75, 3.05) is 6.54 Å². The summed E-state index contributed by atoms with van der Waals surface area (Å²) in [5.41, 5.74) is 0.240. The molecule has 1 amide bonds. The number of benzene rings is 1. The van der Waals surface area contributed by atoms with Crippen LogP contribution < -0.4 is 0 Å². The number of amides is 1. The Balaban J connectivity index is 1.95. The van der Waals surface area contributed by atoms with Crippen molar-refractivity contribution in [2.24, 2.45) is 0 Å². The quantitative estimate of drug-likeness (QED) is 0.551. The highest BCUT2D eigenvalue weighted by Crippen LogP contribution is 2.25. The van der Waals surface area contributed by atoms with Crippen molar-refractivity contribution < 1.29 is 23.1 Å². The van der Waals surface area contributed by atoms with Crippen molar-refractivity contribution >= 4 is 23.6 Å². The van der Waals surface area contributed by atoms with Gasteiger partial charge in [-0.25, -0.2) is 4.79 Å². The van der Waals surface area contributed by atoms with Gasteiger partial charge < -0.3 is 9.64 Å². The number of hydrogen-bond donors (Lipinski definition) is 0. The number of hydrogen-bond acceptors (Lipinski definition) is 4. The molecular formula is C18H23F2NO3S. The van der Waals surface area contributed by atoms with Crippen LogP contribution in [0.4, 0.5) is 8.78 Å². The lowest BCUT2D eigenvalue weighted by Crippen LogP contribution is -2.48. The zero-order valence-electron chi connectivity index (χ0n) is 14.4. The van der Waals surface area contributed by atoms with Crippen LogP contribution in [0.1, 0.15) is 49.9 Å². The Hall–Kier alpha value is -1.63. The van der Waals surface area contributed by atoms with Crippen molar-refractivity contribution in [1.82, 2.24) is 4.90 Å². The van der Waals surface area contributed by atoms with E-state index in [0.717, 1.165) is 25.7 Å². The summed E-state index contributed by atoms with van der Waals surface area (Å²) in [7, 11) is 0. The number of carbonyl (C=O) groups excluding carboxylic acids is 2. The SMILES string of the molecule is CCC1CCCCN1C(=O)C(C)OC(=O)c1ccc(SC(F)F)cc1. The van der Waals surface area contributed by atoms with Crippen LogP contribution in [0.5, 0.6) is 0 Å². The maximum Gasteiger partial charge on any atom is 0.338 e. The molecule has 0 N–H and O–H groups in total. The molecular weight excluding hydrogens is 348 g/mol. The second kappa shape index (κ2) is 9.17. The summed E-state index contributed by atoms with van der Waals surface area (Å²) in [6.45, 7) is 4.31. The standard InChI is InChI=1S/C18H23F2NO3S/c1-3-14-6-4-5-11-21(14)16(22)12(2)24-17(23)13-7-9-15(10-8-13)25-18(19)20/h7-10,12,14,18H,3-6,11H2,1-2H3. The van der Waals surface area contributed by atoms with E-state index in [1.54, 1.807) is 6.92 Å². The molecule has 1 aliphatic rings. The Morgan fingerprint density at radius 1 is 1.28 bits per heavy atom. The number of alkyl halides is 2. The van der Waals surface area contributed by atoms with Gasteiger partial charge in [-0.1, -0.05) is 18.7 Å². The van der Waals surface area contributed by atoms with E-state index >= 15 is 0 Å². The number of thioether (sulfide) groups is 1. The Bertz CT molecular complexity index is 594. The lowest BCUT2D eigenvalue weighted by Gasteiger charge is -2.36. The van der Waals surface area contributed by atoms with Crippen molar-refractivity contribution in [3.63, 3.8) is 0 Å². The molecule has 1 saturated heterocycles. The predicted octanol–water partition coefficient (Wildman–Crippen LogP) is 4.34. The molecule has 1 fully saturated rings. The molecule has 2 rings (SSSR count). The third-order valence-corrected chi connectivity index (χ3v) is 5.05. The Kier molecular flexibility index (Phi) is 7.23. The minimum Gasteiger partial charge on any atom is -0.449 e. The second-order valence-corrected chi connectivity index (χ2v) is 7.10. The molecule has 138 valence electrons. The van der Waals surface area contributed by atoms with E-state index in [-0.39, 0.29) is 17.5 Å². The fourth-order valence-corrected chi connectivity index (χ4v) is 3.50. The highest BCUT2D eigenvalue weighted by Gasteiger charge is 2.30. The molecule has 7 heteroatoms. The van der Waals surface area contributed by atoms with Crippen molar-refractivity contribution in [3.05, 3.63) is 29.8 Å². The van der Waals surface area contributed by atoms with Gasteiger partial charge in [-0.05, 0) is 56.9 Å². The molecule has 1 aromatic rings. The van der Waals surface area contributed by atoms with Crippen molar-refractivity contribution in [3.8, 4) is 0 Å². The van der Waals surface area contributed by atoms with Gasteiger partial charge >= 0.3 is 5.97 Å². The maximum absolute atomic E-state index is 12.6. The summed E-state index contributed by atoms with van der Waals surface area (Å²) < 4.78 is 29.9. The number of esters is 1. The molecule has 0 radical (unpaired) electrons. The summed E-state index contributed by atoms with van der Waals surface area (Å²) in [4.78, 5) is 26.9. The van der Waals surface area contributed by atoms with Gasteiger partial charge in [0.2, 0.25) is 0 Å². The van der Waals surface area contributed by atoms with Crippen LogP contribution >= 0.6 is 11.8 Å². The zero-order chi connectivity index (χ0) is 18.4. The average Bonchev–Trinajstić information content (AvgIpc) is 2.61. The summed E-state index contributed by atoms with van der Waals surface area (Å²) in [6.07, 6.45) is 3.07. The summed E-state index contributed by atoms with van der Waals surface area (Å²) in [5, 5.41) is 0. The lowest BCUT2D eigenvalue weighted by molar-refractivity contribution is -0.143. The highest BCUT2D eigenvalue weighted by molar-refractivity contribution is 7.99. The summed E-state index contributed by atoms with van der Waals surface area (Å²) >= 11 is 0.413. The van der Waals surface area contributed by atoms with E-state index in [2.05, 4.69) is 0 Å². The number of piperidine rings is 1. The van der Waals surface area contributed by atoms with Crippen LogP contribution in [0.3, 0.4) is 0 Å². The molecule has 0 spiro atoms. The van der Waals surface area contributed by atoms with Crippen LogP contribution in [0.2, 0.25) is 0 Å². The first kappa shape index (κ1) is 19.7. The molecule has 1 heterocycles. The number of likely N-dealkylation sites (tertiary alicyclic amines) is 1. The molecule has 2 atom stereocenters. The Morgan fingerprint density at radius 3 is 2.56 bits per heavy atom. The molecule has 1 aromatic carbocycles. The first-order valence-electron chi connectivity index (χ1n) is 8.48. The predicted molar refractivity (Wildman–Crippen MR) is 92.8 cm³/mol. The fraction of sp³-hybridized carbons (Fsp3) is 0.556. The number of rotatable bonds is 6. The third kappa shape index (κ3) is 5.42. The van der Waals surface area contributed by atoms with E-state index in [9.17, 15) is 18.4 Å². The molecule has 0 saturated carbocycles. The van der Waals surface area contributed by atoms with Crippen LogP contribution in [-0.2, 0) is 9.53 Å². The number of nitrogens with zero attached hydrogens (tertiary/aromatic N) is 1. The molecule has 4 nitrogen and oxygen atoms in total. The van der Waals surface area contributed by atoms with Crippen molar-refractivity contribution in [1.29, 1.82) is 0 Å². The van der Waals surface area contributed by atoms with Gasteiger partial charge in [0, 0.05) is 17.5 Å². The monoisotopic (exact) mass is 371 g/mol. The normalized spacial score (nSPS) is 18.9. The second-order valence-electron chi connectivity index (χ2n) is 6.04. The largest absolute Gasteiger partial charge is 0.449 e. The van der Waals surface area contributed by atoms with Crippen LogP contribution in [0, 0.1) is 0 Å². The van der Waals surface area contributed by atoms with Crippen LogP contribution in [0.25, 0.3) is 0 Å². The van der Waals surface area contributed by atoms with E-state index in [1.165, 1.54) is 24.3 Å². The first-order valence-corrected chi connectivity index (χ1v) is 9.36. The van der Waals surface area contributed by atoms with Gasteiger partial charge in [0.15, 0.2) is 6.10 Å². The van der Waals surface area contributed by atoms with Gasteiger partial charge in [0.25, 0.3) is 11.7 Å². The van der Waals surface area contributed by atoms with Gasteiger partial charge in [-0.3, -0.25) is 4.79 Å². The van der Waals surface area contributed by atoms with Gasteiger partial charge in [-0.2, -0.15) is 8.78 Å². The van der Waals surface area contributed by atoms with E-state index in [0.29, 0.717) is 23.2 Å². The van der Waals surface area contributed by atoms with E-state index in [4.69, 9.17) is 4.74 Å². The Labute approximate surface area is 150 Å². The van der Waals surface area contributed by atoms with E-state index in [1.807, 2.05) is 11.8 Å². The summed E-state index contributed by atoms with van der Waals surface area (Å²) in [5.74, 6) is -3.31. The average molecular weight is 371 g/mol. The smallest absolute Gasteiger partial charge is 0.338 e. The zero-order valence-corrected chi connectivity index (χ0v) is 15.2. The molecule has 2 unspecified atom stereocenters. The van der Waals surface area contributed by atoms with Crippen molar-refractivity contribution in [2.45, 2.75) is 62.3 Å². The van der Waals surface area contributed by atoms with Crippen LogP contribution in [-0.4, -0.2) is 41.2 Å². The van der Waals surface area contributed by atoms with Gasteiger partial charge in [0.1, 0.15) is 0 Å². The third-order valence-electron chi connectivity index (χ3n) is 4.33. The number of ether oxygens (including phenoxy) is 1. The van der Waals surface area contributed by atoms with Gasteiger partial charge in [-0.15, -0.1) is 0 Å².